The van der Waals surface area contributed by atoms with Crippen molar-refractivity contribution < 1.29 is 19.4 Å². The molecule has 1 aromatic heterocycles. The molecule has 2 atom stereocenters. The fourth-order valence-electron chi connectivity index (χ4n) is 1.56. The normalized spacial score (nSPS) is 14.2. The molecule has 0 saturated carbocycles. The molecule has 0 aliphatic rings. The Balaban J connectivity index is 2.60. The number of esters is 1. The van der Waals surface area contributed by atoms with Crippen molar-refractivity contribution in [3.63, 3.8) is 0 Å². The number of carbonyl (C=O) groups is 1. The minimum Gasteiger partial charge on any atom is -0.469 e. The van der Waals surface area contributed by atoms with E-state index < -0.39 is 6.10 Å². The van der Waals surface area contributed by atoms with Crippen LogP contribution in [-0.4, -0.2) is 44.5 Å². The Labute approximate surface area is 111 Å². The van der Waals surface area contributed by atoms with E-state index in [0.717, 1.165) is 4.88 Å². The fraction of sp³-hybridized carbons (Fsp3) is 0.583. The lowest BCUT2D eigenvalue weighted by atomic mass is 10.1. The van der Waals surface area contributed by atoms with Gasteiger partial charge in [0.1, 0.15) is 6.10 Å². The van der Waals surface area contributed by atoms with E-state index in [1.54, 1.807) is 7.11 Å². The average molecular weight is 273 g/mol. The van der Waals surface area contributed by atoms with Gasteiger partial charge in [0, 0.05) is 24.6 Å². The van der Waals surface area contributed by atoms with Crippen molar-refractivity contribution >= 4 is 17.3 Å². The highest BCUT2D eigenvalue weighted by Gasteiger charge is 2.24. The van der Waals surface area contributed by atoms with Crippen molar-refractivity contribution in [1.29, 1.82) is 0 Å². The van der Waals surface area contributed by atoms with Gasteiger partial charge in [-0.15, -0.1) is 11.3 Å². The zero-order valence-corrected chi connectivity index (χ0v) is 11.4. The van der Waals surface area contributed by atoms with Crippen LogP contribution in [0, 0.1) is 0 Å². The summed E-state index contributed by atoms with van der Waals surface area (Å²) in [6.07, 6.45) is -0.597. The molecule has 0 aliphatic carbocycles. The summed E-state index contributed by atoms with van der Waals surface area (Å²) in [7, 11) is 2.94. The van der Waals surface area contributed by atoms with Crippen molar-refractivity contribution in [3.8, 4) is 0 Å². The first-order valence-corrected chi connectivity index (χ1v) is 6.57. The third kappa shape index (κ3) is 4.73. The molecule has 5 nitrogen and oxygen atoms in total. The molecule has 1 heterocycles. The van der Waals surface area contributed by atoms with Gasteiger partial charge in [0.25, 0.3) is 0 Å². The molecule has 0 saturated heterocycles. The van der Waals surface area contributed by atoms with E-state index in [2.05, 4.69) is 10.1 Å². The van der Waals surface area contributed by atoms with Crippen LogP contribution >= 0.6 is 11.3 Å². The molecule has 1 rings (SSSR count). The Morgan fingerprint density at radius 2 is 2.33 bits per heavy atom. The Kier molecular flexibility index (Phi) is 6.89. The quantitative estimate of drug-likeness (QED) is 0.545. The molecule has 6 heteroatoms. The van der Waals surface area contributed by atoms with Crippen LogP contribution in [0.3, 0.4) is 0 Å². The molecule has 0 bridgehead atoms. The molecule has 0 aliphatic heterocycles. The minimum atomic E-state index is -0.721. The van der Waals surface area contributed by atoms with Gasteiger partial charge in [0.15, 0.2) is 0 Å². The predicted octanol–water partition coefficient (Wildman–Crippen LogP) is 0.949. The number of rotatable bonds is 8. The number of carbonyl (C=O) groups excluding carboxylic acids is 1. The van der Waals surface area contributed by atoms with Crippen LogP contribution in [0.5, 0.6) is 0 Å². The maximum Gasteiger partial charge on any atom is 0.307 e. The maximum absolute atomic E-state index is 11.3. The van der Waals surface area contributed by atoms with Gasteiger partial charge < -0.3 is 19.9 Å². The smallest absolute Gasteiger partial charge is 0.307 e. The number of thiophene rings is 1. The lowest BCUT2D eigenvalue weighted by Gasteiger charge is -2.22. The van der Waals surface area contributed by atoms with Gasteiger partial charge in [-0.25, -0.2) is 0 Å². The molecular weight excluding hydrogens is 254 g/mol. The molecule has 102 valence electrons. The van der Waals surface area contributed by atoms with Gasteiger partial charge in [-0.05, 0) is 11.4 Å². The van der Waals surface area contributed by atoms with Crippen LogP contribution in [0.15, 0.2) is 17.5 Å². The number of aliphatic hydroxyl groups excluding tert-OH is 1. The summed E-state index contributed by atoms with van der Waals surface area (Å²) in [5, 5.41) is 15.2. The molecule has 0 spiro atoms. The Morgan fingerprint density at radius 1 is 1.56 bits per heavy atom. The standard InChI is InChI=1S/C12H19NO4S/c1-16-6-5-13-9(8-11(14)17-2)12(15)10-4-3-7-18-10/h3-4,7,9,12-13,15H,5-6,8H2,1-2H3. The highest BCUT2D eigenvalue weighted by molar-refractivity contribution is 7.10. The molecular formula is C12H19NO4S. The molecule has 2 unspecified atom stereocenters. The molecule has 1 aromatic rings. The summed E-state index contributed by atoms with van der Waals surface area (Å²) in [5.74, 6) is -0.347. The SMILES string of the molecule is COCCNC(CC(=O)OC)C(O)c1cccs1. The summed E-state index contributed by atoms with van der Waals surface area (Å²) in [6.45, 7) is 1.09. The molecule has 0 fully saturated rings. The molecule has 0 amide bonds. The molecule has 18 heavy (non-hydrogen) atoms. The van der Waals surface area contributed by atoms with E-state index in [1.165, 1.54) is 18.4 Å². The second kappa shape index (κ2) is 8.20. The second-order valence-electron chi connectivity index (χ2n) is 3.79. The van der Waals surface area contributed by atoms with Gasteiger partial charge in [0.05, 0.1) is 20.1 Å². The first-order valence-electron chi connectivity index (χ1n) is 5.69. The number of methoxy groups -OCH3 is 2. The molecule has 0 radical (unpaired) electrons. The third-order valence-electron chi connectivity index (χ3n) is 2.54. The topological polar surface area (TPSA) is 67.8 Å². The lowest BCUT2D eigenvalue weighted by Crippen LogP contribution is -2.38. The van der Waals surface area contributed by atoms with Crippen LogP contribution in [0.25, 0.3) is 0 Å². The van der Waals surface area contributed by atoms with Crippen LogP contribution in [0.1, 0.15) is 17.4 Å². The van der Waals surface area contributed by atoms with Gasteiger partial charge in [0.2, 0.25) is 0 Å². The number of aliphatic hydroxyl groups is 1. The van der Waals surface area contributed by atoms with Gasteiger partial charge in [-0.1, -0.05) is 6.07 Å². The average Bonchev–Trinajstić information content (AvgIpc) is 2.90. The fourth-order valence-corrected chi connectivity index (χ4v) is 2.34. The number of hydrogen-bond acceptors (Lipinski definition) is 6. The molecule has 2 N–H and O–H groups in total. The summed E-state index contributed by atoms with van der Waals surface area (Å²) >= 11 is 1.46. The van der Waals surface area contributed by atoms with Crippen molar-refractivity contribution in [2.75, 3.05) is 27.4 Å². The zero-order valence-electron chi connectivity index (χ0n) is 10.6. The van der Waals surface area contributed by atoms with Gasteiger partial charge in [-0.2, -0.15) is 0 Å². The highest BCUT2D eigenvalue weighted by atomic mass is 32.1. The van der Waals surface area contributed by atoms with E-state index >= 15 is 0 Å². The first-order chi connectivity index (χ1) is 8.69. The Bertz CT molecular complexity index is 342. The largest absolute Gasteiger partial charge is 0.469 e. The van der Waals surface area contributed by atoms with Gasteiger partial charge in [-0.3, -0.25) is 4.79 Å². The Hall–Kier alpha value is -0.950. The lowest BCUT2D eigenvalue weighted by molar-refractivity contribution is -0.142. The predicted molar refractivity (Wildman–Crippen MR) is 69.6 cm³/mol. The van der Waals surface area contributed by atoms with E-state index in [4.69, 9.17) is 4.74 Å². The number of hydrogen-bond donors (Lipinski definition) is 2. The van der Waals surface area contributed by atoms with E-state index in [-0.39, 0.29) is 18.4 Å². The van der Waals surface area contributed by atoms with Crippen molar-refractivity contribution in [2.24, 2.45) is 0 Å². The van der Waals surface area contributed by atoms with Crippen molar-refractivity contribution in [1.82, 2.24) is 5.32 Å². The minimum absolute atomic E-state index is 0.124. The summed E-state index contributed by atoms with van der Waals surface area (Å²) in [6, 6.07) is 3.34. The monoisotopic (exact) mass is 273 g/mol. The first kappa shape index (κ1) is 15.1. The van der Waals surface area contributed by atoms with E-state index in [9.17, 15) is 9.90 Å². The summed E-state index contributed by atoms with van der Waals surface area (Å²) in [5.41, 5.74) is 0. The zero-order chi connectivity index (χ0) is 13.4. The van der Waals surface area contributed by atoms with E-state index in [0.29, 0.717) is 13.2 Å². The Morgan fingerprint density at radius 3 is 2.89 bits per heavy atom. The summed E-state index contributed by atoms with van der Waals surface area (Å²) < 4.78 is 9.57. The van der Waals surface area contributed by atoms with Gasteiger partial charge >= 0.3 is 5.97 Å². The second-order valence-corrected chi connectivity index (χ2v) is 4.77. The van der Waals surface area contributed by atoms with Crippen LogP contribution in [0.4, 0.5) is 0 Å². The van der Waals surface area contributed by atoms with Crippen molar-refractivity contribution in [3.05, 3.63) is 22.4 Å². The highest BCUT2D eigenvalue weighted by Crippen LogP contribution is 2.23. The van der Waals surface area contributed by atoms with E-state index in [1.807, 2.05) is 17.5 Å². The third-order valence-corrected chi connectivity index (χ3v) is 3.49. The van der Waals surface area contributed by atoms with Crippen LogP contribution in [-0.2, 0) is 14.3 Å². The molecule has 0 aromatic carbocycles. The van der Waals surface area contributed by atoms with Crippen molar-refractivity contribution in [2.45, 2.75) is 18.6 Å². The number of nitrogens with one attached hydrogen (secondary N) is 1. The van der Waals surface area contributed by atoms with Crippen LogP contribution < -0.4 is 5.32 Å². The van der Waals surface area contributed by atoms with Crippen LogP contribution in [0.2, 0.25) is 0 Å². The summed E-state index contributed by atoms with van der Waals surface area (Å²) in [4.78, 5) is 12.2. The maximum atomic E-state index is 11.3. The number of ether oxygens (including phenoxy) is 2.